The number of oxazole rings is 1. The second-order valence-corrected chi connectivity index (χ2v) is 8.73. The number of alkyl halides is 1. The zero-order valence-electron chi connectivity index (χ0n) is 19.4. The fraction of sp³-hybridized carbons (Fsp3) is 0.542. The first-order valence-corrected chi connectivity index (χ1v) is 11.4. The summed E-state index contributed by atoms with van der Waals surface area (Å²) in [5.41, 5.74) is 2.83. The lowest BCUT2D eigenvalue weighted by Gasteiger charge is -2.37. The molecule has 0 amide bonds. The number of hydrogen-bond donors (Lipinski definition) is 0. The number of ether oxygens (including phenoxy) is 2. The number of halogens is 1. The van der Waals surface area contributed by atoms with Crippen molar-refractivity contribution >= 4 is 0 Å². The molecule has 2 aromatic heterocycles. The smallest absolute Gasteiger partial charge is 0.181 e. The predicted octanol–water partition coefficient (Wildman–Crippen LogP) is 3.70. The highest BCUT2D eigenvalue weighted by Crippen LogP contribution is 2.24. The zero-order valence-corrected chi connectivity index (χ0v) is 19.4. The average molecular weight is 458 g/mol. The van der Waals surface area contributed by atoms with Gasteiger partial charge in [0, 0.05) is 44.3 Å². The molecule has 4 rings (SSSR count). The molecule has 0 unspecified atom stereocenters. The number of benzene rings is 1. The topological polar surface area (TPSA) is 78.4 Å². The second-order valence-electron chi connectivity index (χ2n) is 8.73. The predicted molar refractivity (Wildman–Crippen MR) is 121 cm³/mol. The van der Waals surface area contributed by atoms with Crippen LogP contribution in [0.15, 0.2) is 47.5 Å². The van der Waals surface area contributed by atoms with Crippen LogP contribution in [0.3, 0.4) is 0 Å². The number of aromatic nitrogens is 4. The molecule has 1 aromatic carbocycles. The maximum atomic E-state index is 13.9. The third kappa shape index (κ3) is 6.04. The number of hydrogen-bond acceptors (Lipinski definition) is 7. The number of rotatable bonds is 10. The van der Waals surface area contributed by atoms with Crippen molar-refractivity contribution in [1.29, 1.82) is 0 Å². The molecule has 1 aliphatic rings. The Morgan fingerprint density at radius 1 is 1.27 bits per heavy atom. The van der Waals surface area contributed by atoms with Crippen LogP contribution in [0.4, 0.5) is 4.39 Å². The minimum absolute atomic E-state index is 0.155. The zero-order chi connectivity index (χ0) is 23.2. The van der Waals surface area contributed by atoms with Crippen molar-refractivity contribution in [1.82, 2.24) is 24.9 Å². The van der Waals surface area contributed by atoms with Crippen LogP contribution in [-0.2, 0) is 22.3 Å². The van der Waals surface area contributed by atoms with Gasteiger partial charge >= 0.3 is 0 Å². The Balaban J connectivity index is 1.31. The fourth-order valence-corrected chi connectivity index (χ4v) is 4.32. The standard InChI is InChI=1S/C24H32FN5O3/c1-17-10-21(12-24(31-3)33-17)29(2)9-8-20-15-30(28-27-20)22(13-25)11-18-4-6-19(7-5-18)23-14-26-16-32-23/h4-7,14-17,21-22,24H,8-13H2,1-3H3/t17-,21+,22+,24-/m1/s1. The van der Waals surface area contributed by atoms with E-state index in [4.69, 9.17) is 13.9 Å². The van der Waals surface area contributed by atoms with E-state index in [1.165, 1.54) is 6.39 Å². The minimum Gasteiger partial charge on any atom is -0.444 e. The molecule has 0 spiro atoms. The summed E-state index contributed by atoms with van der Waals surface area (Å²) in [5.74, 6) is 0.711. The van der Waals surface area contributed by atoms with Crippen LogP contribution >= 0.6 is 0 Å². The summed E-state index contributed by atoms with van der Waals surface area (Å²) in [6.07, 6.45) is 8.08. The van der Waals surface area contributed by atoms with Crippen molar-refractivity contribution in [3.8, 4) is 11.3 Å². The fourth-order valence-electron chi connectivity index (χ4n) is 4.32. The van der Waals surface area contributed by atoms with E-state index in [1.54, 1.807) is 18.0 Å². The number of methoxy groups -OCH3 is 1. The van der Waals surface area contributed by atoms with Crippen LogP contribution in [0.1, 0.15) is 37.1 Å². The van der Waals surface area contributed by atoms with Gasteiger partial charge in [0.1, 0.15) is 6.67 Å². The van der Waals surface area contributed by atoms with E-state index in [1.807, 2.05) is 30.5 Å². The lowest BCUT2D eigenvalue weighted by atomic mass is 10.0. The van der Waals surface area contributed by atoms with Gasteiger partial charge in [0.15, 0.2) is 18.4 Å². The SMILES string of the molecule is CO[C@H]1C[C@@H](N(C)CCc2cn([C@H](CF)Cc3ccc(-c4cnco4)cc3)nn2)C[C@@H](C)O1. The van der Waals surface area contributed by atoms with Gasteiger partial charge in [0.05, 0.1) is 24.0 Å². The maximum absolute atomic E-state index is 13.9. The molecule has 0 aliphatic carbocycles. The molecule has 3 heterocycles. The molecule has 0 bridgehead atoms. The van der Waals surface area contributed by atoms with Gasteiger partial charge in [-0.05, 0) is 32.4 Å². The molecule has 0 N–H and O–H groups in total. The third-order valence-corrected chi connectivity index (χ3v) is 6.31. The van der Waals surface area contributed by atoms with Crippen molar-refractivity contribution in [2.75, 3.05) is 27.4 Å². The average Bonchev–Trinajstić information content (AvgIpc) is 3.53. The summed E-state index contributed by atoms with van der Waals surface area (Å²) in [7, 11) is 3.80. The third-order valence-electron chi connectivity index (χ3n) is 6.31. The Kier molecular flexibility index (Phi) is 7.85. The van der Waals surface area contributed by atoms with E-state index in [2.05, 4.69) is 34.2 Å². The number of likely N-dealkylation sites (N-methyl/N-ethyl adjacent to an activating group) is 1. The van der Waals surface area contributed by atoms with E-state index < -0.39 is 6.67 Å². The molecule has 178 valence electrons. The van der Waals surface area contributed by atoms with Crippen molar-refractivity contribution in [2.24, 2.45) is 0 Å². The molecule has 4 atom stereocenters. The first-order valence-electron chi connectivity index (χ1n) is 11.4. The highest BCUT2D eigenvalue weighted by molar-refractivity contribution is 5.56. The van der Waals surface area contributed by atoms with Gasteiger partial charge in [-0.2, -0.15) is 0 Å². The molecular formula is C24H32FN5O3. The van der Waals surface area contributed by atoms with Gasteiger partial charge in [-0.3, -0.25) is 0 Å². The largest absolute Gasteiger partial charge is 0.444 e. The molecule has 0 saturated carbocycles. The Morgan fingerprint density at radius 3 is 2.79 bits per heavy atom. The van der Waals surface area contributed by atoms with Gasteiger partial charge in [-0.15, -0.1) is 5.10 Å². The van der Waals surface area contributed by atoms with E-state index in [0.29, 0.717) is 18.2 Å². The molecular weight excluding hydrogens is 425 g/mol. The lowest BCUT2D eigenvalue weighted by Crippen LogP contribution is -2.44. The molecule has 1 aliphatic heterocycles. The molecule has 0 radical (unpaired) electrons. The second kappa shape index (κ2) is 11.0. The van der Waals surface area contributed by atoms with Gasteiger partial charge in [0.25, 0.3) is 0 Å². The van der Waals surface area contributed by atoms with E-state index in [9.17, 15) is 4.39 Å². The molecule has 1 saturated heterocycles. The Morgan fingerprint density at radius 2 is 2.09 bits per heavy atom. The molecule has 33 heavy (non-hydrogen) atoms. The van der Waals surface area contributed by atoms with Crippen molar-refractivity contribution in [2.45, 2.75) is 57.1 Å². The van der Waals surface area contributed by atoms with Crippen molar-refractivity contribution in [3.63, 3.8) is 0 Å². The highest BCUT2D eigenvalue weighted by Gasteiger charge is 2.29. The Bertz CT molecular complexity index is 978. The van der Waals surface area contributed by atoms with Crippen LogP contribution in [-0.4, -0.2) is 70.7 Å². The van der Waals surface area contributed by atoms with Crippen LogP contribution < -0.4 is 0 Å². The van der Waals surface area contributed by atoms with Crippen molar-refractivity contribution in [3.05, 3.63) is 54.3 Å². The summed E-state index contributed by atoms with van der Waals surface area (Å²) in [5, 5.41) is 8.50. The van der Waals surface area contributed by atoms with Crippen LogP contribution in [0.25, 0.3) is 11.3 Å². The monoisotopic (exact) mass is 457 g/mol. The first kappa shape index (κ1) is 23.5. The van der Waals surface area contributed by atoms with Crippen LogP contribution in [0.2, 0.25) is 0 Å². The Labute approximate surface area is 193 Å². The quantitative estimate of drug-likeness (QED) is 0.459. The van der Waals surface area contributed by atoms with Gasteiger partial charge in [-0.1, -0.05) is 29.5 Å². The highest BCUT2D eigenvalue weighted by atomic mass is 19.1. The summed E-state index contributed by atoms with van der Waals surface area (Å²) in [6, 6.07) is 7.88. The van der Waals surface area contributed by atoms with E-state index in [0.717, 1.165) is 42.6 Å². The Hall–Kier alpha value is -2.62. The first-order chi connectivity index (χ1) is 16.1. The summed E-state index contributed by atoms with van der Waals surface area (Å²) >= 11 is 0. The number of nitrogens with zero attached hydrogens (tertiary/aromatic N) is 5. The summed E-state index contributed by atoms with van der Waals surface area (Å²) < 4.78 is 32.0. The molecule has 1 fully saturated rings. The minimum atomic E-state index is -0.509. The van der Waals surface area contributed by atoms with E-state index >= 15 is 0 Å². The van der Waals surface area contributed by atoms with Crippen LogP contribution in [0.5, 0.6) is 0 Å². The van der Waals surface area contributed by atoms with E-state index in [-0.39, 0.29) is 18.4 Å². The maximum Gasteiger partial charge on any atom is 0.181 e. The summed E-state index contributed by atoms with van der Waals surface area (Å²) in [4.78, 5) is 6.26. The van der Waals surface area contributed by atoms with Gasteiger partial charge in [0.2, 0.25) is 0 Å². The lowest BCUT2D eigenvalue weighted by molar-refractivity contribution is -0.189. The van der Waals surface area contributed by atoms with Gasteiger partial charge < -0.3 is 18.8 Å². The summed E-state index contributed by atoms with van der Waals surface area (Å²) in [6.45, 7) is 2.41. The van der Waals surface area contributed by atoms with Gasteiger partial charge in [-0.25, -0.2) is 14.1 Å². The van der Waals surface area contributed by atoms with Crippen molar-refractivity contribution < 1.29 is 18.3 Å². The molecule has 9 heteroatoms. The normalized spacial score (nSPS) is 22.0. The van der Waals surface area contributed by atoms with Crippen LogP contribution in [0, 0.1) is 0 Å². The molecule has 8 nitrogen and oxygen atoms in total. The molecule has 3 aromatic rings.